The molecule has 0 spiro atoms. The van der Waals surface area contributed by atoms with Crippen LogP contribution < -0.4 is 5.73 Å². The molecule has 0 atom stereocenters. The van der Waals surface area contributed by atoms with Gasteiger partial charge >= 0.3 is 0 Å². The molecular formula is C15H15N3. The van der Waals surface area contributed by atoms with E-state index in [1.165, 1.54) is 11.1 Å². The molecule has 18 heavy (non-hydrogen) atoms. The van der Waals surface area contributed by atoms with E-state index in [1.807, 2.05) is 28.9 Å². The Morgan fingerprint density at radius 2 is 2.00 bits per heavy atom. The second-order valence-electron chi connectivity index (χ2n) is 4.53. The summed E-state index contributed by atoms with van der Waals surface area (Å²) in [5, 5.41) is 0. The molecule has 3 rings (SSSR count). The lowest BCUT2D eigenvalue weighted by atomic mass is 10.0. The quantitative estimate of drug-likeness (QED) is 0.744. The van der Waals surface area contributed by atoms with Crippen LogP contribution in [0.4, 0.5) is 5.69 Å². The van der Waals surface area contributed by atoms with Gasteiger partial charge in [-0.05, 0) is 30.2 Å². The highest BCUT2D eigenvalue weighted by molar-refractivity contribution is 5.64. The Balaban J connectivity index is 2.01. The maximum Gasteiger partial charge on any atom is 0.160 e. The van der Waals surface area contributed by atoms with Crippen molar-refractivity contribution in [3.8, 4) is 0 Å². The lowest BCUT2D eigenvalue weighted by Crippen LogP contribution is -1.91. The van der Waals surface area contributed by atoms with Crippen molar-refractivity contribution < 1.29 is 0 Å². The monoisotopic (exact) mass is 237 g/mol. The molecule has 0 radical (unpaired) electrons. The standard InChI is InChI=1S/C15H15N3/c1-11-5-2-3-6-12(11)9-13-10-18-8-4-7-14(16)15(18)17-13/h2-8,10H,9,16H2,1H3. The minimum Gasteiger partial charge on any atom is -0.396 e. The first-order valence-electron chi connectivity index (χ1n) is 6.00. The van der Waals surface area contributed by atoms with Crippen molar-refractivity contribution in [2.24, 2.45) is 0 Å². The number of rotatable bonds is 2. The van der Waals surface area contributed by atoms with Gasteiger partial charge in [0.25, 0.3) is 0 Å². The van der Waals surface area contributed by atoms with E-state index < -0.39 is 0 Å². The molecule has 0 aliphatic carbocycles. The number of benzene rings is 1. The largest absolute Gasteiger partial charge is 0.396 e. The van der Waals surface area contributed by atoms with Gasteiger partial charge in [0.05, 0.1) is 11.4 Å². The second-order valence-corrected chi connectivity index (χ2v) is 4.53. The summed E-state index contributed by atoms with van der Waals surface area (Å²) in [4.78, 5) is 4.59. The molecule has 0 aliphatic heterocycles. The van der Waals surface area contributed by atoms with E-state index in [1.54, 1.807) is 0 Å². The van der Waals surface area contributed by atoms with Crippen molar-refractivity contribution in [1.82, 2.24) is 9.38 Å². The molecule has 1 aromatic carbocycles. The van der Waals surface area contributed by atoms with Crippen LogP contribution in [0.25, 0.3) is 5.65 Å². The van der Waals surface area contributed by atoms with Gasteiger partial charge in [0.1, 0.15) is 0 Å². The van der Waals surface area contributed by atoms with Crippen molar-refractivity contribution in [2.75, 3.05) is 5.73 Å². The molecule has 0 unspecified atom stereocenters. The van der Waals surface area contributed by atoms with Crippen LogP contribution in [0.2, 0.25) is 0 Å². The fraction of sp³-hybridized carbons (Fsp3) is 0.133. The minimum atomic E-state index is 0.716. The lowest BCUT2D eigenvalue weighted by molar-refractivity contribution is 1.09. The van der Waals surface area contributed by atoms with Crippen LogP contribution in [-0.2, 0) is 6.42 Å². The number of nitrogens with zero attached hydrogens (tertiary/aromatic N) is 2. The van der Waals surface area contributed by atoms with Crippen LogP contribution in [0.1, 0.15) is 16.8 Å². The smallest absolute Gasteiger partial charge is 0.160 e. The van der Waals surface area contributed by atoms with Gasteiger partial charge in [0.15, 0.2) is 5.65 Å². The number of nitrogen functional groups attached to an aromatic ring is 1. The Kier molecular flexibility index (Phi) is 2.52. The molecular weight excluding hydrogens is 222 g/mol. The molecule has 0 bridgehead atoms. The van der Waals surface area contributed by atoms with E-state index >= 15 is 0 Å². The zero-order valence-corrected chi connectivity index (χ0v) is 10.3. The summed E-state index contributed by atoms with van der Waals surface area (Å²) >= 11 is 0. The molecule has 3 heteroatoms. The van der Waals surface area contributed by atoms with E-state index in [-0.39, 0.29) is 0 Å². The van der Waals surface area contributed by atoms with Gasteiger partial charge in [-0.2, -0.15) is 0 Å². The summed E-state index contributed by atoms with van der Waals surface area (Å²) in [6.07, 6.45) is 4.85. The third-order valence-corrected chi connectivity index (χ3v) is 3.20. The Bertz CT molecular complexity index is 698. The Morgan fingerprint density at radius 1 is 1.17 bits per heavy atom. The van der Waals surface area contributed by atoms with Gasteiger partial charge in [-0.25, -0.2) is 4.98 Å². The van der Waals surface area contributed by atoms with Crippen LogP contribution in [0, 0.1) is 6.92 Å². The molecule has 0 fully saturated rings. The number of hydrogen-bond donors (Lipinski definition) is 1. The number of aryl methyl sites for hydroxylation is 1. The molecule has 0 saturated carbocycles. The summed E-state index contributed by atoms with van der Waals surface area (Å²) in [5.41, 5.74) is 11.1. The molecule has 3 nitrogen and oxygen atoms in total. The number of fused-ring (bicyclic) bond motifs is 1. The van der Waals surface area contributed by atoms with E-state index in [0.717, 1.165) is 17.8 Å². The summed E-state index contributed by atoms with van der Waals surface area (Å²) in [6.45, 7) is 2.12. The van der Waals surface area contributed by atoms with Gasteiger partial charge < -0.3 is 10.1 Å². The maximum atomic E-state index is 5.91. The van der Waals surface area contributed by atoms with E-state index in [9.17, 15) is 0 Å². The van der Waals surface area contributed by atoms with Crippen molar-refractivity contribution in [3.63, 3.8) is 0 Å². The number of aromatic nitrogens is 2. The SMILES string of the molecule is Cc1ccccc1Cc1cn2cccc(N)c2n1. The van der Waals surface area contributed by atoms with E-state index in [0.29, 0.717) is 5.69 Å². The van der Waals surface area contributed by atoms with Gasteiger partial charge in [0.2, 0.25) is 0 Å². The van der Waals surface area contributed by atoms with E-state index in [2.05, 4.69) is 36.2 Å². The second kappa shape index (κ2) is 4.18. The number of anilines is 1. The highest BCUT2D eigenvalue weighted by Crippen LogP contribution is 2.16. The van der Waals surface area contributed by atoms with Crippen LogP contribution in [0.3, 0.4) is 0 Å². The van der Waals surface area contributed by atoms with Crippen molar-refractivity contribution in [1.29, 1.82) is 0 Å². The Hall–Kier alpha value is -2.29. The first kappa shape index (κ1) is 10.8. The first-order chi connectivity index (χ1) is 8.74. The minimum absolute atomic E-state index is 0.716. The fourth-order valence-electron chi connectivity index (χ4n) is 2.17. The predicted octanol–water partition coefficient (Wildman–Crippen LogP) is 2.82. The third-order valence-electron chi connectivity index (χ3n) is 3.20. The summed E-state index contributed by atoms with van der Waals surface area (Å²) in [5.74, 6) is 0. The van der Waals surface area contributed by atoms with Crippen molar-refractivity contribution in [2.45, 2.75) is 13.3 Å². The number of hydrogen-bond acceptors (Lipinski definition) is 2. The fourth-order valence-corrected chi connectivity index (χ4v) is 2.17. The predicted molar refractivity (Wildman–Crippen MR) is 73.6 cm³/mol. The molecule has 0 saturated heterocycles. The van der Waals surface area contributed by atoms with Crippen molar-refractivity contribution in [3.05, 3.63) is 65.6 Å². The zero-order chi connectivity index (χ0) is 12.5. The first-order valence-corrected chi connectivity index (χ1v) is 6.00. The number of nitrogens with two attached hydrogens (primary N) is 1. The van der Waals surface area contributed by atoms with Crippen molar-refractivity contribution >= 4 is 11.3 Å². The van der Waals surface area contributed by atoms with E-state index in [4.69, 9.17) is 5.73 Å². The normalized spacial score (nSPS) is 10.9. The topological polar surface area (TPSA) is 43.3 Å². The van der Waals surface area contributed by atoms with Crippen LogP contribution in [0.15, 0.2) is 48.8 Å². The van der Waals surface area contributed by atoms with Gasteiger partial charge in [-0.1, -0.05) is 24.3 Å². The van der Waals surface area contributed by atoms with Gasteiger partial charge in [0, 0.05) is 18.8 Å². The van der Waals surface area contributed by atoms with Crippen LogP contribution in [0.5, 0.6) is 0 Å². The molecule has 2 N–H and O–H groups in total. The Labute approximate surface area is 106 Å². The van der Waals surface area contributed by atoms with Crippen LogP contribution >= 0.6 is 0 Å². The molecule has 2 aromatic heterocycles. The highest BCUT2D eigenvalue weighted by atomic mass is 15.0. The average molecular weight is 237 g/mol. The highest BCUT2D eigenvalue weighted by Gasteiger charge is 2.06. The lowest BCUT2D eigenvalue weighted by Gasteiger charge is -2.01. The third kappa shape index (κ3) is 1.84. The maximum absolute atomic E-state index is 5.91. The van der Waals surface area contributed by atoms with Gasteiger partial charge in [-0.15, -0.1) is 0 Å². The molecule has 0 aliphatic rings. The number of imidazole rings is 1. The molecule has 3 aromatic rings. The van der Waals surface area contributed by atoms with Crippen LogP contribution in [-0.4, -0.2) is 9.38 Å². The molecule has 0 amide bonds. The Morgan fingerprint density at radius 3 is 2.78 bits per heavy atom. The summed E-state index contributed by atoms with van der Waals surface area (Å²) in [7, 11) is 0. The number of pyridine rings is 1. The van der Waals surface area contributed by atoms with Gasteiger partial charge in [-0.3, -0.25) is 0 Å². The zero-order valence-electron chi connectivity index (χ0n) is 10.3. The average Bonchev–Trinajstić information content (AvgIpc) is 2.76. The summed E-state index contributed by atoms with van der Waals surface area (Å²) in [6, 6.07) is 12.2. The summed E-state index contributed by atoms with van der Waals surface area (Å²) < 4.78 is 1.98. The molecule has 90 valence electrons. The molecule has 2 heterocycles.